The van der Waals surface area contributed by atoms with E-state index < -0.39 is 6.10 Å². The second-order valence-corrected chi connectivity index (χ2v) is 8.60. The molecule has 4 atom stereocenters. The molecule has 2 fully saturated rings. The highest BCUT2D eigenvalue weighted by Crippen LogP contribution is 2.40. The van der Waals surface area contributed by atoms with Crippen molar-refractivity contribution in [3.05, 3.63) is 36.3 Å². The van der Waals surface area contributed by atoms with E-state index in [0.717, 1.165) is 19.5 Å². The van der Waals surface area contributed by atoms with Gasteiger partial charge in [0.1, 0.15) is 23.4 Å². The third-order valence-electron chi connectivity index (χ3n) is 6.29. The van der Waals surface area contributed by atoms with Gasteiger partial charge in [-0.3, -0.25) is 9.78 Å². The van der Waals surface area contributed by atoms with Crippen LogP contribution in [0.1, 0.15) is 23.3 Å². The molecule has 1 aromatic heterocycles. The van der Waals surface area contributed by atoms with Crippen molar-refractivity contribution in [3.8, 4) is 17.2 Å². The Morgan fingerprint density at radius 3 is 2.74 bits per heavy atom. The number of aromatic nitrogens is 2. The number of carbonyl (C=O) groups excluding carboxylic acids is 1. The van der Waals surface area contributed by atoms with E-state index in [1.54, 1.807) is 20.3 Å². The SMILES string of the molecule is CN(C)C(=O)c1cncc(N2C[C@H]3C[C@@H](Oc4ccc5c(c4)OCO5)[C@H](O)C[C@H]3C2)n1. The molecule has 2 aliphatic heterocycles. The van der Waals surface area contributed by atoms with Gasteiger partial charge in [-0.25, -0.2) is 4.98 Å². The molecule has 1 saturated heterocycles. The van der Waals surface area contributed by atoms with E-state index in [-0.39, 0.29) is 18.8 Å². The number of anilines is 1. The number of aliphatic hydroxyl groups is 1. The Kier molecular flexibility index (Phi) is 5.05. The van der Waals surface area contributed by atoms with Crippen molar-refractivity contribution in [2.24, 2.45) is 11.8 Å². The summed E-state index contributed by atoms with van der Waals surface area (Å²) in [6.07, 6.45) is 3.78. The molecule has 0 spiro atoms. The van der Waals surface area contributed by atoms with Crippen molar-refractivity contribution in [2.75, 3.05) is 38.9 Å². The van der Waals surface area contributed by atoms with Crippen LogP contribution in [0.4, 0.5) is 5.82 Å². The van der Waals surface area contributed by atoms with Crippen LogP contribution in [0.5, 0.6) is 17.2 Å². The minimum Gasteiger partial charge on any atom is -0.488 e. The number of hydrogen-bond donors (Lipinski definition) is 1. The van der Waals surface area contributed by atoms with Crippen LogP contribution in [0.3, 0.4) is 0 Å². The number of benzene rings is 1. The highest BCUT2D eigenvalue weighted by molar-refractivity contribution is 5.91. The van der Waals surface area contributed by atoms with Gasteiger partial charge in [0.05, 0.1) is 18.5 Å². The van der Waals surface area contributed by atoms with Gasteiger partial charge < -0.3 is 29.1 Å². The van der Waals surface area contributed by atoms with Gasteiger partial charge >= 0.3 is 0 Å². The van der Waals surface area contributed by atoms with Gasteiger partial charge in [0.25, 0.3) is 5.91 Å². The van der Waals surface area contributed by atoms with Crippen molar-refractivity contribution in [1.29, 1.82) is 0 Å². The Morgan fingerprint density at radius 2 is 1.94 bits per heavy atom. The molecular weight excluding hydrogens is 400 g/mol. The fraction of sp³-hybridized carbons (Fsp3) is 0.500. The van der Waals surface area contributed by atoms with Gasteiger partial charge in [-0.15, -0.1) is 0 Å². The summed E-state index contributed by atoms with van der Waals surface area (Å²) >= 11 is 0. The van der Waals surface area contributed by atoms with E-state index in [9.17, 15) is 9.90 Å². The molecule has 0 unspecified atom stereocenters. The zero-order valence-electron chi connectivity index (χ0n) is 17.6. The normalized spacial score (nSPS) is 26.5. The third-order valence-corrected chi connectivity index (χ3v) is 6.29. The summed E-state index contributed by atoms with van der Waals surface area (Å²) in [7, 11) is 3.39. The predicted molar refractivity (Wildman–Crippen MR) is 111 cm³/mol. The number of amides is 1. The summed E-state index contributed by atoms with van der Waals surface area (Å²) in [5, 5.41) is 10.7. The fourth-order valence-electron chi connectivity index (χ4n) is 4.67. The third kappa shape index (κ3) is 3.85. The summed E-state index contributed by atoms with van der Waals surface area (Å²) in [6.45, 7) is 1.80. The molecule has 0 radical (unpaired) electrons. The number of hydrogen-bond acceptors (Lipinski definition) is 8. The van der Waals surface area contributed by atoms with Crippen LogP contribution >= 0.6 is 0 Å². The molecule has 1 aromatic carbocycles. The standard InChI is InChI=1S/C22H26N4O5/c1-25(2)22(28)16-8-23-9-21(24-16)26-10-13-5-17(27)19(6-14(13)11-26)31-15-3-4-18-20(7-15)30-12-29-18/h3-4,7-9,13-14,17,19,27H,5-6,10-12H2,1-2H3/t13-,14+,17+,19+/m0/s1. The Morgan fingerprint density at radius 1 is 1.16 bits per heavy atom. The zero-order valence-corrected chi connectivity index (χ0v) is 17.6. The van der Waals surface area contributed by atoms with Crippen molar-refractivity contribution in [3.63, 3.8) is 0 Å². The molecule has 3 heterocycles. The second-order valence-electron chi connectivity index (χ2n) is 8.60. The molecule has 2 aromatic rings. The van der Waals surface area contributed by atoms with Crippen molar-refractivity contribution in [1.82, 2.24) is 14.9 Å². The minimum atomic E-state index is -0.542. The Bertz CT molecular complexity index is 984. The molecule has 164 valence electrons. The largest absolute Gasteiger partial charge is 0.488 e. The first kappa shape index (κ1) is 19.9. The van der Waals surface area contributed by atoms with Gasteiger partial charge in [0.15, 0.2) is 11.5 Å². The molecule has 5 rings (SSSR count). The fourth-order valence-corrected chi connectivity index (χ4v) is 4.67. The van der Waals surface area contributed by atoms with Crippen LogP contribution < -0.4 is 19.1 Å². The molecule has 3 aliphatic rings. The number of aliphatic hydroxyl groups excluding tert-OH is 1. The van der Waals surface area contributed by atoms with Crippen LogP contribution in [0.2, 0.25) is 0 Å². The molecule has 1 N–H and O–H groups in total. The first-order valence-electron chi connectivity index (χ1n) is 10.5. The van der Waals surface area contributed by atoms with E-state index in [2.05, 4.69) is 14.9 Å². The highest BCUT2D eigenvalue weighted by atomic mass is 16.7. The summed E-state index contributed by atoms with van der Waals surface area (Å²) in [5.74, 6) is 3.29. The average Bonchev–Trinajstić information content (AvgIpc) is 3.39. The molecule has 0 bridgehead atoms. The van der Waals surface area contributed by atoms with Crippen molar-refractivity contribution in [2.45, 2.75) is 25.0 Å². The topological polar surface area (TPSA) is 97.3 Å². The van der Waals surface area contributed by atoms with E-state index >= 15 is 0 Å². The van der Waals surface area contributed by atoms with E-state index in [1.165, 1.54) is 11.1 Å². The van der Waals surface area contributed by atoms with Gasteiger partial charge in [-0.1, -0.05) is 0 Å². The zero-order chi connectivity index (χ0) is 21.5. The van der Waals surface area contributed by atoms with Gasteiger partial charge in [0, 0.05) is 33.3 Å². The summed E-state index contributed by atoms with van der Waals surface area (Å²) in [5.41, 5.74) is 0.335. The van der Waals surface area contributed by atoms with Crippen molar-refractivity contribution < 1.29 is 24.1 Å². The van der Waals surface area contributed by atoms with Gasteiger partial charge in [-0.2, -0.15) is 0 Å². The predicted octanol–water partition coefficient (Wildman–Crippen LogP) is 1.56. The lowest BCUT2D eigenvalue weighted by atomic mass is 9.78. The summed E-state index contributed by atoms with van der Waals surface area (Å²) < 4.78 is 16.9. The summed E-state index contributed by atoms with van der Waals surface area (Å²) in [4.78, 5) is 24.6. The Balaban J connectivity index is 1.27. The lowest BCUT2D eigenvalue weighted by molar-refractivity contribution is -0.0232. The first-order valence-corrected chi connectivity index (χ1v) is 10.5. The van der Waals surface area contributed by atoms with Crippen molar-refractivity contribution >= 4 is 11.7 Å². The van der Waals surface area contributed by atoms with Crippen LogP contribution in [0, 0.1) is 11.8 Å². The van der Waals surface area contributed by atoms with Crippen LogP contribution in [0.15, 0.2) is 30.6 Å². The molecule has 9 heteroatoms. The van der Waals surface area contributed by atoms with Crippen LogP contribution in [0.25, 0.3) is 0 Å². The maximum absolute atomic E-state index is 12.2. The second kappa shape index (κ2) is 7.88. The number of fused-ring (bicyclic) bond motifs is 2. The van der Waals surface area contributed by atoms with Gasteiger partial charge in [-0.05, 0) is 36.8 Å². The average molecular weight is 426 g/mol. The molecule has 1 saturated carbocycles. The molecule has 9 nitrogen and oxygen atoms in total. The Labute approximate surface area is 180 Å². The number of carbonyl (C=O) groups is 1. The monoisotopic (exact) mass is 426 g/mol. The molecule has 1 amide bonds. The van der Waals surface area contributed by atoms with E-state index in [1.807, 2.05) is 18.2 Å². The first-order chi connectivity index (χ1) is 15.0. The quantitative estimate of drug-likeness (QED) is 0.787. The molecule has 31 heavy (non-hydrogen) atoms. The number of rotatable bonds is 4. The van der Waals surface area contributed by atoms with E-state index in [0.29, 0.717) is 47.0 Å². The lowest BCUT2D eigenvalue weighted by Gasteiger charge is -2.35. The maximum atomic E-state index is 12.2. The Hall–Kier alpha value is -3.07. The number of ether oxygens (including phenoxy) is 3. The highest BCUT2D eigenvalue weighted by Gasteiger charge is 2.43. The minimum absolute atomic E-state index is 0.168. The van der Waals surface area contributed by atoms with Crippen LogP contribution in [-0.2, 0) is 0 Å². The lowest BCUT2D eigenvalue weighted by Crippen LogP contribution is -2.42. The van der Waals surface area contributed by atoms with E-state index in [4.69, 9.17) is 14.2 Å². The maximum Gasteiger partial charge on any atom is 0.273 e. The molecular formula is C22H26N4O5. The van der Waals surface area contributed by atoms with Gasteiger partial charge in [0.2, 0.25) is 6.79 Å². The molecule has 1 aliphatic carbocycles. The number of nitrogens with zero attached hydrogens (tertiary/aromatic N) is 4. The summed E-state index contributed by atoms with van der Waals surface area (Å²) in [6, 6.07) is 5.48. The van der Waals surface area contributed by atoms with Crippen LogP contribution in [-0.4, -0.2) is 72.1 Å². The smallest absolute Gasteiger partial charge is 0.273 e.